The molecule has 0 amide bonds. The van der Waals surface area contributed by atoms with Crippen molar-refractivity contribution in [3.8, 4) is 0 Å². The van der Waals surface area contributed by atoms with Crippen molar-refractivity contribution in [3.63, 3.8) is 0 Å². The molecule has 2 rings (SSSR count). The van der Waals surface area contributed by atoms with Crippen molar-refractivity contribution in [2.75, 3.05) is 7.05 Å². The van der Waals surface area contributed by atoms with Crippen molar-refractivity contribution < 1.29 is 14.0 Å². The van der Waals surface area contributed by atoms with E-state index >= 15 is 0 Å². The fraction of sp³-hybridized carbons (Fsp3) is 0.800. The number of nitrogens with zero attached hydrogens (tertiary/aromatic N) is 2. The lowest BCUT2D eigenvalue weighted by molar-refractivity contribution is -0.494. The van der Waals surface area contributed by atoms with Gasteiger partial charge < -0.3 is 9.31 Å². The molecule has 1 fully saturated rings. The Labute approximate surface area is 91.1 Å². The van der Waals surface area contributed by atoms with Crippen molar-refractivity contribution in [2.45, 2.75) is 44.7 Å². The Morgan fingerprint density at radius 3 is 2.13 bits per heavy atom. The average Bonchev–Trinajstić information content (AvgIpc) is 2.56. The lowest BCUT2D eigenvalue weighted by Gasteiger charge is -2.32. The van der Waals surface area contributed by atoms with E-state index in [1.165, 1.54) is 0 Å². The maximum absolute atomic E-state index is 5.92. The summed E-state index contributed by atoms with van der Waals surface area (Å²) in [6.45, 7) is 8.23. The van der Waals surface area contributed by atoms with Gasteiger partial charge >= 0.3 is 7.12 Å². The van der Waals surface area contributed by atoms with Crippen molar-refractivity contribution >= 4 is 19.5 Å². The van der Waals surface area contributed by atoms with E-state index in [-0.39, 0.29) is 24.1 Å². The second-order valence-corrected chi connectivity index (χ2v) is 5.19. The minimum atomic E-state index is -0.263. The van der Waals surface area contributed by atoms with E-state index in [1.807, 2.05) is 19.5 Å². The number of hydrazone groups is 1. The summed E-state index contributed by atoms with van der Waals surface area (Å²) in [4.78, 5) is 0. The van der Waals surface area contributed by atoms with Gasteiger partial charge in [-0.05, 0) is 32.8 Å². The zero-order valence-corrected chi connectivity index (χ0v) is 10.0. The third-order valence-corrected chi connectivity index (χ3v) is 3.39. The van der Waals surface area contributed by atoms with Crippen LogP contribution in [0.15, 0.2) is 5.10 Å². The molecule has 5 heteroatoms. The summed E-state index contributed by atoms with van der Waals surface area (Å²) < 4.78 is 13.6. The molecule has 2 aliphatic rings. The molecule has 0 aromatic rings. The molecule has 0 spiro atoms. The number of hydrogen-bond donors (Lipinski definition) is 0. The van der Waals surface area contributed by atoms with Crippen LogP contribution < -0.4 is 0 Å². The molecule has 0 saturated carbocycles. The Bertz CT molecular complexity index is 320. The predicted octanol–water partition coefficient (Wildman–Crippen LogP) is 1.16. The third kappa shape index (κ3) is 1.74. The molecule has 15 heavy (non-hydrogen) atoms. The fourth-order valence-electron chi connectivity index (χ4n) is 1.69. The Kier molecular flexibility index (Phi) is 2.28. The van der Waals surface area contributed by atoms with Crippen LogP contribution in [0, 0.1) is 0 Å². The fourth-order valence-corrected chi connectivity index (χ4v) is 1.69. The quantitative estimate of drug-likeness (QED) is 0.479. The Balaban J connectivity index is 2.14. The molecule has 4 nitrogen and oxygen atoms in total. The largest absolute Gasteiger partial charge is 0.477 e. The summed E-state index contributed by atoms with van der Waals surface area (Å²) in [5, 5.41) is 4.15. The van der Waals surface area contributed by atoms with Gasteiger partial charge in [-0.25, -0.2) is 0 Å². The van der Waals surface area contributed by atoms with Crippen LogP contribution in [0.3, 0.4) is 0 Å². The highest BCUT2D eigenvalue weighted by atomic mass is 16.7. The number of rotatable bonds is 1. The third-order valence-electron chi connectivity index (χ3n) is 3.39. The first kappa shape index (κ1) is 10.8. The summed E-state index contributed by atoms with van der Waals surface area (Å²) in [6, 6.07) is 0. The molecule has 2 heterocycles. The van der Waals surface area contributed by atoms with Gasteiger partial charge in [0.25, 0.3) is 0 Å². The summed E-state index contributed by atoms with van der Waals surface area (Å²) >= 11 is 0. The van der Waals surface area contributed by atoms with E-state index in [4.69, 9.17) is 9.31 Å². The Hall–Kier alpha value is -0.675. The van der Waals surface area contributed by atoms with Crippen molar-refractivity contribution in [1.29, 1.82) is 0 Å². The van der Waals surface area contributed by atoms with Gasteiger partial charge in [0, 0.05) is 0 Å². The van der Waals surface area contributed by atoms with Crippen LogP contribution in [-0.2, 0) is 9.31 Å². The van der Waals surface area contributed by atoms with Gasteiger partial charge in [-0.15, -0.1) is 0 Å². The summed E-state index contributed by atoms with van der Waals surface area (Å²) in [6.07, 6.45) is 3.87. The van der Waals surface area contributed by atoms with Crippen LogP contribution in [0.1, 0.15) is 27.7 Å². The summed E-state index contributed by atoms with van der Waals surface area (Å²) in [7, 11) is 1.69. The van der Waals surface area contributed by atoms with Gasteiger partial charge in [-0.1, -0.05) is 4.68 Å². The lowest BCUT2D eigenvalue weighted by Crippen LogP contribution is -2.41. The monoisotopic (exact) mass is 209 g/mol. The van der Waals surface area contributed by atoms with Gasteiger partial charge in [0.15, 0.2) is 13.3 Å². The van der Waals surface area contributed by atoms with E-state index in [0.29, 0.717) is 0 Å². The first-order valence-electron chi connectivity index (χ1n) is 5.29. The molecule has 0 aliphatic carbocycles. The highest BCUT2D eigenvalue weighted by Gasteiger charge is 2.54. The molecule has 1 atom stereocenters. The lowest BCUT2D eigenvalue weighted by atomic mass is 9.73. The average molecular weight is 209 g/mol. The van der Waals surface area contributed by atoms with E-state index in [9.17, 15) is 0 Å². The maximum atomic E-state index is 5.92. The van der Waals surface area contributed by atoms with Gasteiger partial charge in [0.1, 0.15) is 5.82 Å². The van der Waals surface area contributed by atoms with Crippen molar-refractivity contribution in [3.05, 3.63) is 0 Å². The normalized spacial score (nSPS) is 32.2. The van der Waals surface area contributed by atoms with Gasteiger partial charge in [0.2, 0.25) is 0 Å². The Morgan fingerprint density at radius 1 is 1.20 bits per heavy atom. The molecule has 1 unspecified atom stereocenters. The van der Waals surface area contributed by atoms with E-state index in [1.54, 1.807) is 4.68 Å². The van der Waals surface area contributed by atoms with E-state index in [0.717, 1.165) is 0 Å². The zero-order chi connectivity index (χ0) is 11.3. The smallest absolute Gasteiger partial charge is 0.402 e. The van der Waals surface area contributed by atoms with Crippen molar-refractivity contribution in [1.82, 2.24) is 0 Å². The Morgan fingerprint density at radius 2 is 1.73 bits per heavy atom. The first-order valence-corrected chi connectivity index (χ1v) is 5.29. The number of hydrogen-bond acceptors (Lipinski definition) is 3. The van der Waals surface area contributed by atoms with Gasteiger partial charge in [-0.2, -0.15) is 0 Å². The molecule has 82 valence electrons. The maximum Gasteiger partial charge on any atom is 0.477 e. The standard InChI is InChI=1S/C10H18BN2O2/c1-9(2)10(3,4)15-11(14-9)8-6-12-13(5)7-8/h6-8H,1-5H3/q+1. The minimum Gasteiger partial charge on any atom is -0.402 e. The summed E-state index contributed by atoms with van der Waals surface area (Å²) in [5.74, 6) is 0.121. The van der Waals surface area contributed by atoms with Gasteiger partial charge in [-0.3, -0.25) is 0 Å². The molecule has 1 saturated heterocycles. The molecule has 0 N–H and O–H groups in total. The highest BCUT2D eigenvalue weighted by Crippen LogP contribution is 2.39. The van der Waals surface area contributed by atoms with E-state index < -0.39 is 0 Å². The first-order chi connectivity index (χ1) is 6.82. The molecule has 0 aromatic carbocycles. The van der Waals surface area contributed by atoms with Crippen molar-refractivity contribution in [2.24, 2.45) is 5.10 Å². The molecular formula is C10H18BN2O2+. The predicted molar refractivity (Wildman–Crippen MR) is 60.6 cm³/mol. The summed E-state index contributed by atoms with van der Waals surface area (Å²) in [5.41, 5.74) is -0.527. The van der Waals surface area contributed by atoms with Crippen LogP contribution in [0.25, 0.3) is 0 Å². The molecule has 0 bridgehead atoms. The molecule has 0 aromatic heterocycles. The second-order valence-electron chi connectivity index (χ2n) is 5.19. The highest BCUT2D eigenvalue weighted by molar-refractivity contribution is 6.56. The molecule has 0 radical (unpaired) electrons. The SMILES string of the molecule is C[N+]1=CC(B2OC(C)(C)C(C)(C)O2)C=N1. The van der Waals surface area contributed by atoms with Crippen LogP contribution in [0.2, 0.25) is 5.82 Å². The molecule has 2 aliphatic heterocycles. The second kappa shape index (κ2) is 3.16. The van der Waals surface area contributed by atoms with Crippen LogP contribution in [-0.4, -0.2) is 42.5 Å². The van der Waals surface area contributed by atoms with Gasteiger partial charge in [0.05, 0.1) is 17.4 Å². The minimum absolute atomic E-state index is 0.121. The van der Waals surface area contributed by atoms with E-state index in [2.05, 4.69) is 32.8 Å². The van der Waals surface area contributed by atoms with Crippen LogP contribution in [0.5, 0.6) is 0 Å². The zero-order valence-electron chi connectivity index (χ0n) is 10.0. The van der Waals surface area contributed by atoms with Crippen LogP contribution >= 0.6 is 0 Å². The van der Waals surface area contributed by atoms with Crippen LogP contribution in [0.4, 0.5) is 0 Å². The molecular weight excluding hydrogens is 191 g/mol. The topological polar surface area (TPSA) is 33.8 Å².